The third-order valence-electron chi connectivity index (χ3n) is 7.93. The van der Waals surface area contributed by atoms with Gasteiger partial charge in [-0.15, -0.1) is 0 Å². The van der Waals surface area contributed by atoms with Crippen molar-refractivity contribution in [1.82, 2.24) is 0 Å². The van der Waals surface area contributed by atoms with Crippen molar-refractivity contribution in [3.05, 3.63) is 0 Å². The molecule has 5 fully saturated rings. The highest BCUT2D eigenvalue weighted by Gasteiger charge is 2.62. The maximum Gasteiger partial charge on any atom is 0.308 e. The molecule has 116 valence electrons. The first kappa shape index (κ1) is 13.0. The molecule has 0 saturated heterocycles. The van der Waals surface area contributed by atoms with E-state index in [-0.39, 0.29) is 11.9 Å². The average molecular weight is 288 g/mol. The van der Waals surface area contributed by atoms with E-state index >= 15 is 0 Å². The van der Waals surface area contributed by atoms with E-state index in [2.05, 4.69) is 0 Å². The van der Waals surface area contributed by atoms with Crippen molar-refractivity contribution in [2.75, 3.05) is 6.61 Å². The van der Waals surface area contributed by atoms with Gasteiger partial charge in [0.25, 0.3) is 0 Å². The molecule has 0 radical (unpaired) electrons. The van der Waals surface area contributed by atoms with Crippen LogP contribution in [0.3, 0.4) is 0 Å². The minimum atomic E-state index is 0.129. The molecule has 2 heteroatoms. The highest BCUT2D eigenvalue weighted by molar-refractivity contribution is 5.74. The molecule has 0 unspecified atom stereocenters. The highest BCUT2D eigenvalue weighted by Crippen LogP contribution is 2.72. The Morgan fingerprint density at radius 2 is 1.48 bits per heavy atom. The van der Waals surface area contributed by atoms with Crippen LogP contribution in [0.5, 0.6) is 0 Å². The second kappa shape index (κ2) is 4.06. The van der Waals surface area contributed by atoms with E-state index in [4.69, 9.17) is 4.74 Å². The van der Waals surface area contributed by atoms with E-state index < -0.39 is 0 Å². The Labute approximate surface area is 128 Å². The second-order valence-corrected chi connectivity index (χ2v) is 9.57. The van der Waals surface area contributed by atoms with Gasteiger partial charge in [0.1, 0.15) is 0 Å². The molecular formula is C19H28O2. The predicted molar refractivity (Wildman–Crippen MR) is 80.6 cm³/mol. The van der Waals surface area contributed by atoms with Crippen LogP contribution in [-0.4, -0.2) is 12.6 Å². The van der Waals surface area contributed by atoms with E-state index in [0.29, 0.717) is 23.4 Å². The number of carbonyl (C=O) groups excluding carboxylic acids is 1. The van der Waals surface area contributed by atoms with Gasteiger partial charge in [0.15, 0.2) is 0 Å². The maximum atomic E-state index is 12.2. The minimum absolute atomic E-state index is 0.129. The molecule has 0 N–H and O–H groups in total. The van der Waals surface area contributed by atoms with Crippen LogP contribution in [0.15, 0.2) is 0 Å². The molecule has 0 aromatic heterocycles. The van der Waals surface area contributed by atoms with Crippen LogP contribution in [-0.2, 0) is 9.53 Å². The van der Waals surface area contributed by atoms with Crippen LogP contribution in [0.4, 0.5) is 0 Å². The molecule has 0 aliphatic heterocycles. The van der Waals surface area contributed by atoms with E-state index in [0.717, 1.165) is 18.3 Å². The summed E-state index contributed by atoms with van der Waals surface area (Å²) in [7, 11) is 0. The van der Waals surface area contributed by atoms with Crippen LogP contribution in [0.1, 0.15) is 77.0 Å². The summed E-state index contributed by atoms with van der Waals surface area (Å²) in [5.41, 5.74) is 2.04. The van der Waals surface area contributed by atoms with Gasteiger partial charge in [0, 0.05) is 0 Å². The molecule has 0 amide bonds. The van der Waals surface area contributed by atoms with Crippen molar-refractivity contribution in [3.8, 4) is 0 Å². The number of hydrogen-bond acceptors (Lipinski definition) is 2. The summed E-state index contributed by atoms with van der Waals surface area (Å²) in [5.74, 6) is 1.06. The van der Waals surface area contributed by atoms with Crippen molar-refractivity contribution in [2.45, 2.75) is 77.0 Å². The Morgan fingerprint density at radius 1 is 0.857 bits per heavy atom. The zero-order chi connectivity index (χ0) is 14.1. The summed E-state index contributed by atoms with van der Waals surface area (Å²) in [5, 5.41) is 0. The van der Waals surface area contributed by atoms with E-state index in [1.54, 1.807) is 0 Å². The summed E-state index contributed by atoms with van der Waals surface area (Å²) in [6.07, 6.45) is 16.5. The monoisotopic (exact) mass is 288 g/mol. The smallest absolute Gasteiger partial charge is 0.308 e. The SMILES string of the molecule is O=C(OCC1CC2(CCC2)C1)C1CC2(C1)CC1(CCC1)C2. The lowest BCUT2D eigenvalue weighted by Crippen LogP contribution is -2.57. The lowest BCUT2D eigenvalue weighted by atomic mass is 9.38. The summed E-state index contributed by atoms with van der Waals surface area (Å²) in [6, 6.07) is 0. The van der Waals surface area contributed by atoms with Gasteiger partial charge < -0.3 is 4.74 Å². The third-order valence-corrected chi connectivity index (χ3v) is 7.93. The largest absolute Gasteiger partial charge is 0.465 e. The zero-order valence-corrected chi connectivity index (χ0v) is 13.2. The van der Waals surface area contributed by atoms with Gasteiger partial charge in [0.05, 0.1) is 12.5 Å². The summed E-state index contributed by atoms with van der Waals surface area (Å²) in [6.45, 7) is 0.716. The van der Waals surface area contributed by atoms with Gasteiger partial charge in [-0.25, -0.2) is 0 Å². The normalized spacial score (nSPS) is 41.6. The highest BCUT2D eigenvalue weighted by atomic mass is 16.5. The number of rotatable bonds is 3. The molecule has 0 atom stereocenters. The van der Waals surface area contributed by atoms with Crippen molar-refractivity contribution >= 4 is 5.97 Å². The average Bonchev–Trinajstić information content (AvgIpc) is 2.18. The fourth-order valence-corrected chi connectivity index (χ4v) is 6.70. The minimum Gasteiger partial charge on any atom is -0.465 e. The van der Waals surface area contributed by atoms with Crippen LogP contribution >= 0.6 is 0 Å². The quantitative estimate of drug-likeness (QED) is 0.716. The van der Waals surface area contributed by atoms with E-state index in [1.165, 1.54) is 64.2 Å². The Bertz CT molecular complexity index is 448. The van der Waals surface area contributed by atoms with Gasteiger partial charge in [-0.3, -0.25) is 4.79 Å². The molecule has 5 aliphatic rings. The van der Waals surface area contributed by atoms with Crippen molar-refractivity contribution < 1.29 is 9.53 Å². The first-order valence-electron chi connectivity index (χ1n) is 9.27. The lowest BCUT2D eigenvalue weighted by molar-refractivity contribution is -0.189. The summed E-state index contributed by atoms with van der Waals surface area (Å²) >= 11 is 0. The van der Waals surface area contributed by atoms with Crippen LogP contribution in [0.2, 0.25) is 0 Å². The number of ether oxygens (including phenoxy) is 1. The van der Waals surface area contributed by atoms with Crippen LogP contribution < -0.4 is 0 Å². The van der Waals surface area contributed by atoms with Crippen molar-refractivity contribution in [3.63, 3.8) is 0 Å². The molecule has 5 rings (SSSR count). The van der Waals surface area contributed by atoms with Crippen molar-refractivity contribution in [1.29, 1.82) is 0 Å². The molecule has 5 saturated carbocycles. The number of carbonyl (C=O) groups is 1. The maximum absolute atomic E-state index is 12.2. The molecule has 0 heterocycles. The Kier molecular flexibility index (Phi) is 2.50. The topological polar surface area (TPSA) is 26.3 Å². The zero-order valence-electron chi connectivity index (χ0n) is 13.2. The number of hydrogen-bond donors (Lipinski definition) is 0. The molecule has 5 aliphatic carbocycles. The van der Waals surface area contributed by atoms with Gasteiger partial charge in [-0.1, -0.05) is 12.8 Å². The van der Waals surface area contributed by atoms with Gasteiger partial charge in [-0.05, 0) is 86.4 Å². The second-order valence-electron chi connectivity index (χ2n) is 9.57. The van der Waals surface area contributed by atoms with Gasteiger partial charge in [-0.2, -0.15) is 0 Å². The molecule has 0 bridgehead atoms. The molecular weight excluding hydrogens is 260 g/mol. The molecule has 0 aromatic rings. The molecule has 21 heavy (non-hydrogen) atoms. The standard InChI is InChI=1S/C19H28O2/c20-16(21-11-14-7-17(8-14)3-1-4-17)15-9-19(10-15)12-18(13-19)5-2-6-18/h14-15H,1-13H2. The molecule has 3 spiro atoms. The summed E-state index contributed by atoms with van der Waals surface area (Å²) in [4.78, 5) is 12.2. The van der Waals surface area contributed by atoms with Crippen molar-refractivity contribution in [2.24, 2.45) is 28.1 Å². The van der Waals surface area contributed by atoms with Gasteiger partial charge in [0.2, 0.25) is 0 Å². The molecule has 0 aromatic carbocycles. The van der Waals surface area contributed by atoms with Gasteiger partial charge >= 0.3 is 5.97 Å². The predicted octanol–water partition coefficient (Wildman–Crippen LogP) is 4.47. The Morgan fingerprint density at radius 3 is 2.00 bits per heavy atom. The van der Waals surface area contributed by atoms with Crippen LogP contribution in [0.25, 0.3) is 0 Å². The Hall–Kier alpha value is -0.530. The Balaban J connectivity index is 1.03. The fourth-order valence-electron chi connectivity index (χ4n) is 6.70. The van der Waals surface area contributed by atoms with E-state index in [1.807, 2.05) is 0 Å². The fraction of sp³-hybridized carbons (Fsp3) is 0.947. The van der Waals surface area contributed by atoms with E-state index in [9.17, 15) is 4.79 Å². The first-order valence-corrected chi connectivity index (χ1v) is 9.27. The van der Waals surface area contributed by atoms with Crippen LogP contribution in [0, 0.1) is 28.1 Å². The number of esters is 1. The summed E-state index contributed by atoms with van der Waals surface area (Å²) < 4.78 is 5.63. The first-order chi connectivity index (χ1) is 10.1. The molecule has 2 nitrogen and oxygen atoms in total. The lowest BCUT2D eigenvalue weighted by Gasteiger charge is -2.66. The third kappa shape index (κ3) is 1.86.